The van der Waals surface area contributed by atoms with Crippen LogP contribution in [-0.2, 0) is 19.0 Å². The van der Waals surface area contributed by atoms with Gasteiger partial charge in [0.25, 0.3) is 5.91 Å². The smallest absolute Gasteiger partial charge is 0.292 e. The molecule has 2 rings (SSSR count). The average Bonchev–Trinajstić information content (AvgIpc) is 2.39. The molecule has 6 nitrogen and oxygen atoms in total. The molecule has 2 aliphatic rings. The van der Waals surface area contributed by atoms with Crippen LogP contribution in [-0.4, -0.2) is 61.5 Å². The monoisotopic (exact) mass is 257 g/mol. The molecule has 0 aliphatic carbocycles. The van der Waals surface area contributed by atoms with Crippen molar-refractivity contribution in [1.82, 2.24) is 4.90 Å². The minimum absolute atomic E-state index is 0.194. The quantitative estimate of drug-likeness (QED) is 0.763. The third-order valence-electron chi connectivity index (χ3n) is 3.16. The summed E-state index contributed by atoms with van der Waals surface area (Å²) in [5.74, 6) is -0.0750. The van der Waals surface area contributed by atoms with Gasteiger partial charge in [0.15, 0.2) is 0 Å². The molecule has 1 fully saturated rings. The summed E-state index contributed by atoms with van der Waals surface area (Å²) >= 11 is 0. The highest BCUT2D eigenvalue weighted by Gasteiger charge is 2.33. The average molecular weight is 257 g/mol. The Morgan fingerprint density at radius 2 is 2.11 bits per heavy atom. The van der Waals surface area contributed by atoms with E-state index >= 15 is 0 Å². The molecule has 1 amide bonds. The third-order valence-corrected chi connectivity index (χ3v) is 3.16. The first kappa shape index (κ1) is 13.2. The van der Waals surface area contributed by atoms with E-state index in [0.717, 1.165) is 0 Å². The van der Waals surface area contributed by atoms with Gasteiger partial charge in [-0.15, -0.1) is 0 Å². The number of hydrogen-bond donors (Lipinski definition) is 1. The van der Waals surface area contributed by atoms with Crippen LogP contribution < -0.4 is 0 Å². The summed E-state index contributed by atoms with van der Waals surface area (Å²) in [5, 5.41) is 10.3. The molecular weight excluding hydrogens is 238 g/mol. The van der Waals surface area contributed by atoms with Crippen LogP contribution in [0, 0.1) is 0 Å². The number of aliphatic hydroxyl groups is 1. The maximum atomic E-state index is 12.0. The van der Waals surface area contributed by atoms with Gasteiger partial charge in [0.1, 0.15) is 19.5 Å². The van der Waals surface area contributed by atoms with Crippen molar-refractivity contribution in [2.75, 3.05) is 40.0 Å². The van der Waals surface area contributed by atoms with Gasteiger partial charge in [-0.05, 0) is 0 Å². The molecule has 0 radical (unpaired) electrons. The van der Waals surface area contributed by atoms with Gasteiger partial charge in [-0.3, -0.25) is 4.79 Å². The molecule has 102 valence electrons. The fraction of sp³-hybridized carbons (Fsp3) is 0.750. The van der Waals surface area contributed by atoms with E-state index in [1.54, 1.807) is 7.05 Å². The predicted octanol–water partition coefficient (Wildman–Crippen LogP) is -0.126. The largest absolute Gasteiger partial charge is 0.494 e. The minimum Gasteiger partial charge on any atom is -0.494 e. The highest BCUT2D eigenvalue weighted by molar-refractivity contribution is 5.91. The van der Waals surface area contributed by atoms with Crippen LogP contribution in [0.3, 0.4) is 0 Å². The van der Waals surface area contributed by atoms with Gasteiger partial charge in [-0.2, -0.15) is 0 Å². The molecule has 0 aromatic rings. The second kappa shape index (κ2) is 5.58. The lowest BCUT2D eigenvalue weighted by Gasteiger charge is -2.35. The molecule has 0 saturated carbocycles. The number of carbonyl (C=O) groups is 1. The SMILES string of the molecule is CN(CC1(O)CCOCC1)C(=O)C1=COCCO1. The lowest BCUT2D eigenvalue weighted by molar-refractivity contribution is -0.137. The first-order chi connectivity index (χ1) is 8.61. The number of amides is 1. The molecule has 1 N–H and O–H groups in total. The van der Waals surface area contributed by atoms with Crippen molar-refractivity contribution in [2.45, 2.75) is 18.4 Å². The molecule has 0 aromatic heterocycles. The third kappa shape index (κ3) is 3.14. The lowest BCUT2D eigenvalue weighted by atomic mass is 9.94. The zero-order valence-electron chi connectivity index (χ0n) is 10.6. The fourth-order valence-corrected chi connectivity index (χ4v) is 2.09. The molecule has 0 bridgehead atoms. The summed E-state index contributed by atoms with van der Waals surface area (Å²) in [6.07, 6.45) is 2.42. The number of hydrogen-bond acceptors (Lipinski definition) is 5. The number of likely N-dealkylation sites (N-methyl/N-ethyl adjacent to an activating group) is 1. The van der Waals surface area contributed by atoms with E-state index in [1.165, 1.54) is 11.2 Å². The Bertz CT molecular complexity index is 335. The Kier molecular flexibility index (Phi) is 4.08. The topological polar surface area (TPSA) is 68.2 Å². The Labute approximate surface area is 106 Å². The Hall–Kier alpha value is -1.27. The number of ether oxygens (including phenoxy) is 3. The first-order valence-electron chi connectivity index (χ1n) is 6.11. The van der Waals surface area contributed by atoms with E-state index < -0.39 is 5.60 Å². The van der Waals surface area contributed by atoms with Gasteiger partial charge < -0.3 is 24.2 Å². The molecule has 0 spiro atoms. The molecule has 1 saturated heterocycles. The fourth-order valence-electron chi connectivity index (χ4n) is 2.09. The van der Waals surface area contributed by atoms with Crippen LogP contribution in [0.15, 0.2) is 12.0 Å². The van der Waals surface area contributed by atoms with Gasteiger partial charge >= 0.3 is 0 Å². The van der Waals surface area contributed by atoms with Gasteiger partial charge in [0.2, 0.25) is 5.76 Å². The van der Waals surface area contributed by atoms with E-state index in [0.29, 0.717) is 39.3 Å². The number of carbonyl (C=O) groups excluding carboxylic acids is 1. The Morgan fingerprint density at radius 1 is 1.39 bits per heavy atom. The molecule has 2 aliphatic heterocycles. The molecule has 18 heavy (non-hydrogen) atoms. The Morgan fingerprint density at radius 3 is 2.72 bits per heavy atom. The van der Waals surface area contributed by atoms with Crippen LogP contribution >= 0.6 is 0 Å². The second-order valence-electron chi connectivity index (χ2n) is 4.70. The van der Waals surface area contributed by atoms with Gasteiger partial charge in [0, 0.05) is 39.6 Å². The van der Waals surface area contributed by atoms with Crippen molar-refractivity contribution < 1.29 is 24.1 Å². The maximum absolute atomic E-state index is 12.0. The van der Waals surface area contributed by atoms with Crippen LogP contribution in [0.5, 0.6) is 0 Å². The summed E-state index contributed by atoms with van der Waals surface area (Å²) in [6.45, 7) is 2.17. The highest BCUT2D eigenvalue weighted by atomic mass is 16.6. The van der Waals surface area contributed by atoms with Gasteiger partial charge in [0.05, 0.1) is 5.60 Å². The van der Waals surface area contributed by atoms with E-state index in [9.17, 15) is 9.90 Å². The molecular formula is C12H19NO5. The molecule has 0 atom stereocenters. The van der Waals surface area contributed by atoms with Gasteiger partial charge in [-0.1, -0.05) is 0 Å². The van der Waals surface area contributed by atoms with Crippen molar-refractivity contribution in [1.29, 1.82) is 0 Å². The van der Waals surface area contributed by atoms with Crippen LogP contribution in [0.4, 0.5) is 0 Å². The molecule has 0 aromatic carbocycles. The predicted molar refractivity (Wildman–Crippen MR) is 62.6 cm³/mol. The van der Waals surface area contributed by atoms with Crippen molar-refractivity contribution in [3.05, 3.63) is 12.0 Å². The second-order valence-corrected chi connectivity index (χ2v) is 4.70. The summed E-state index contributed by atoms with van der Waals surface area (Å²) in [4.78, 5) is 13.5. The van der Waals surface area contributed by atoms with E-state index in [4.69, 9.17) is 14.2 Å². The van der Waals surface area contributed by atoms with Crippen molar-refractivity contribution in [3.63, 3.8) is 0 Å². The number of rotatable bonds is 3. The molecule has 6 heteroatoms. The van der Waals surface area contributed by atoms with Crippen molar-refractivity contribution in [2.24, 2.45) is 0 Å². The zero-order valence-corrected chi connectivity index (χ0v) is 10.6. The Balaban J connectivity index is 1.92. The standard InChI is InChI=1S/C12H19NO5/c1-13(9-12(15)2-4-16-5-3-12)11(14)10-8-17-6-7-18-10/h8,15H,2-7,9H2,1H3. The van der Waals surface area contributed by atoms with Crippen LogP contribution in [0.25, 0.3) is 0 Å². The summed E-state index contributed by atoms with van der Waals surface area (Å²) in [7, 11) is 1.65. The zero-order chi connectivity index (χ0) is 13.0. The van der Waals surface area contributed by atoms with E-state index in [-0.39, 0.29) is 18.2 Å². The first-order valence-corrected chi connectivity index (χ1v) is 6.11. The van der Waals surface area contributed by atoms with Crippen LogP contribution in [0.2, 0.25) is 0 Å². The highest BCUT2D eigenvalue weighted by Crippen LogP contribution is 2.22. The van der Waals surface area contributed by atoms with Crippen molar-refractivity contribution >= 4 is 5.91 Å². The van der Waals surface area contributed by atoms with Crippen molar-refractivity contribution in [3.8, 4) is 0 Å². The molecule has 0 unspecified atom stereocenters. The minimum atomic E-state index is -0.862. The molecule has 2 heterocycles. The van der Waals surface area contributed by atoms with Crippen LogP contribution in [0.1, 0.15) is 12.8 Å². The maximum Gasteiger partial charge on any atom is 0.292 e. The van der Waals surface area contributed by atoms with E-state index in [2.05, 4.69) is 0 Å². The lowest BCUT2D eigenvalue weighted by Crippen LogP contribution is -2.47. The summed E-state index contributed by atoms with van der Waals surface area (Å²) in [5.41, 5.74) is -0.862. The normalized spacial score (nSPS) is 22.4. The van der Waals surface area contributed by atoms with Gasteiger partial charge in [-0.25, -0.2) is 0 Å². The summed E-state index contributed by atoms with van der Waals surface area (Å²) in [6, 6.07) is 0. The summed E-state index contributed by atoms with van der Waals surface area (Å²) < 4.78 is 15.5. The van der Waals surface area contributed by atoms with E-state index in [1.807, 2.05) is 0 Å². The number of nitrogens with zero attached hydrogens (tertiary/aromatic N) is 1.